The van der Waals surface area contributed by atoms with Crippen molar-refractivity contribution in [1.82, 2.24) is 4.98 Å². The Morgan fingerprint density at radius 1 is 1.45 bits per heavy atom. The van der Waals surface area contributed by atoms with E-state index >= 15 is 0 Å². The first kappa shape index (κ1) is 16.8. The van der Waals surface area contributed by atoms with Crippen molar-refractivity contribution in [1.29, 1.82) is 0 Å². The van der Waals surface area contributed by atoms with Crippen molar-refractivity contribution >= 4 is 21.9 Å². The fourth-order valence-corrected chi connectivity index (χ4v) is 2.02. The van der Waals surface area contributed by atoms with Crippen LogP contribution in [0.25, 0.3) is 0 Å². The molecule has 0 bridgehead atoms. The molecule has 20 heavy (non-hydrogen) atoms. The van der Waals surface area contributed by atoms with Gasteiger partial charge in [-0.25, -0.2) is 13.8 Å². The minimum atomic E-state index is -5.04. The van der Waals surface area contributed by atoms with Gasteiger partial charge < -0.3 is 4.74 Å². The number of esters is 1. The van der Waals surface area contributed by atoms with Gasteiger partial charge in [-0.15, -0.1) is 0 Å². The molecule has 1 aromatic heterocycles. The molecule has 0 radical (unpaired) electrons. The van der Waals surface area contributed by atoms with Gasteiger partial charge in [0.15, 0.2) is 0 Å². The lowest BCUT2D eigenvalue weighted by Crippen LogP contribution is -2.19. The van der Waals surface area contributed by atoms with Gasteiger partial charge in [-0.05, 0) is 28.9 Å². The van der Waals surface area contributed by atoms with Gasteiger partial charge in [0.2, 0.25) is 0 Å². The molecule has 0 atom stereocenters. The van der Waals surface area contributed by atoms with Crippen LogP contribution < -0.4 is 0 Å². The molecule has 0 aromatic carbocycles. The lowest BCUT2D eigenvalue weighted by atomic mass is 10.0. The number of alkyl halides is 5. The zero-order valence-electron chi connectivity index (χ0n) is 10.1. The summed E-state index contributed by atoms with van der Waals surface area (Å²) in [4.78, 5) is 14.7. The maximum atomic E-state index is 12.9. The molecule has 0 aliphatic rings. The fourth-order valence-electron chi connectivity index (χ4n) is 1.56. The molecular formula is C11H9BrF5NO2. The maximum Gasteiger partial charge on any atom is 0.418 e. The van der Waals surface area contributed by atoms with Crippen LogP contribution in [0, 0.1) is 0 Å². The molecule has 0 aliphatic carbocycles. The molecule has 0 saturated heterocycles. The van der Waals surface area contributed by atoms with E-state index in [2.05, 4.69) is 25.7 Å². The van der Waals surface area contributed by atoms with E-state index in [9.17, 15) is 26.7 Å². The van der Waals surface area contributed by atoms with Crippen LogP contribution in [0.2, 0.25) is 0 Å². The Bertz CT molecular complexity index is 504. The number of aromatic nitrogens is 1. The summed E-state index contributed by atoms with van der Waals surface area (Å²) in [6, 6.07) is 0.585. The van der Waals surface area contributed by atoms with Crippen molar-refractivity contribution in [2.75, 3.05) is 6.61 Å². The SMILES string of the molecule is CCOC(=O)Cc1nc(Br)cc(C(F)F)c1C(F)(F)F. The molecule has 9 heteroatoms. The van der Waals surface area contributed by atoms with E-state index < -0.39 is 41.8 Å². The molecule has 1 rings (SSSR count). The monoisotopic (exact) mass is 361 g/mol. The number of nitrogens with zero attached hydrogens (tertiary/aromatic N) is 1. The second kappa shape index (κ2) is 6.47. The molecule has 0 N–H and O–H groups in total. The highest BCUT2D eigenvalue weighted by Crippen LogP contribution is 2.39. The van der Waals surface area contributed by atoms with Crippen LogP contribution in [-0.4, -0.2) is 17.6 Å². The van der Waals surface area contributed by atoms with Crippen molar-refractivity contribution in [2.24, 2.45) is 0 Å². The van der Waals surface area contributed by atoms with Crippen LogP contribution in [0.3, 0.4) is 0 Å². The van der Waals surface area contributed by atoms with E-state index in [0.29, 0.717) is 6.07 Å². The summed E-state index contributed by atoms with van der Waals surface area (Å²) >= 11 is 2.75. The Morgan fingerprint density at radius 3 is 2.50 bits per heavy atom. The third-order valence-corrected chi connectivity index (χ3v) is 2.64. The topological polar surface area (TPSA) is 39.2 Å². The quantitative estimate of drug-likeness (QED) is 0.463. The first-order chi connectivity index (χ1) is 9.16. The van der Waals surface area contributed by atoms with Gasteiger partial charge in [-0.3, -0.25) is 4.79 Å². The molecule has 0 spiro atoms. The second-order valence-electron chi connectivity index (χ2n) is 3.64. The van der Waals surface area contributed by atoms with E-state index in [4.69, 9.17) is 0 Å². The standard InChI is InChI=1S/C11H9BrF5NO2/c1-2-20-8(19)4-6-9(11(15,16)17)5(10(13)14)3-7(12)18-6/h3,10H,2,4H2,1H3. The lowest BCUT2D eigenvalue weighted by Gasteiger charge is -2.16. The van der Waals surface area contributed by atoms with Crippen LogP contribution in [-0.2, 0) is 22.1 Å². The van der Waals surface area contributed by atoms with Crippen LogP contribution in [0.1, 0.15) is 30.2 Å². The van der Waals surface area contributed by atoms with Crippen molar-refractivity contribution in [2.45, 2.75) is 25.9 Å². The zero-order valence-corrected chi connectivity index (χ0v) is 11.7. The van der Waals surface area contributed by atoms with Crippen LogP contribution >= 0.6 is 15.9 Å². The van der Waals surface area contributed by atoms with Gasteiger partial charge in [-0.2, -0.15) is 13.2 Å². The summed E-state index contributed by atoms with van der Waals surface area (Å²) < 4.78 is 68.5. The van der Waals surface area contributed by atoms with E-state index in [1.807, 2.05) is 0 Å². The molecular weight excluding hydrogens is 353 g/mol. The Labute approximate surface area is 119 Å². The van der Waals surface area contributed by atoms with E-state index in [1.54, 1.807) is 0 Å². The summed E-state index contributed by atoms with van der Waals surface area (Å²) in [7, 11) is 0. The molecule has 3 nitrogen and oxygen atoms in total. The average Bonchev–Trinajstić information content (AvgIpc) is 2.26. The van der Waals surface area contributed by atoms with Crippen molar-refractivity contribution in [3.63, 3.8) is 0 Å². The summed E-state index contributed by atoms with van der Waals surface area (Å²) in [6.07, 6.45) is -9.21. The number of ether oxygens (including phenoxy) is 1. The van der Waals surface area contributed by atoms with Crippen LogP contribution in [0.5, 0.6) is 0 Å². The minimum Gasteiger partial charge on any atom is -0.466 e. The van der Waals surface area contributed by atoms with Crippen LogP contribution in [0.4, 0.5) is 22.0 Å². The highest BCUT2D eigenvalue weighted by Gasteiger charge is 2.40. The number of halogens is 6. The largest absolute Gasteiger partial charge is 0.466 e. The number of carbonyl (C=O) groups is 1. The van der Waals surface area contributed by atoms with Gasteiger partial charge >= 0.3 is 12.1 Å². The summed E-state index contributed by atoms with van der Waals surface area (Å²) in [5.74, 6) is -0.969. The van der Waals surface area contributed by atoms with Crippen molar-refractivity contribution < 1.29 is 31.5 Å². The van der Waals surface area contributed by atoms with Gasteiger partial charge in [0, 0.05) is 5.56 Å². The van der Waals surface area contributed by atoms with E-state index in [1.165, 1.54) is 6.92 Å². The van der Waals surface area contributed by atoms with Gasteiger partial charge in [0.05, 0.1) is 24.3 Å². The number of pyridine rings is 1. The number of rotatable bonds is 4. The Hall–Kier alpha value is -1.25. The second-order valence-corrected chi connectivity index (χ2v) is 4.45. The van der Waals surface area contributed by atoms with Crippen molar-refractivity contribution in [3.05, 3.63) is 27.5 Å². The predicted octanol–water partition coefficient (Wildman–Crippen LogP) is 3.91. The molecule has 0 saturated carbocycles. The summed E-state index contributed by atoms with van der Waals surface area (Å²) in [6.45, 7) is 1.44. The molecule has 1 heterocycles. The predicted molar refractivity (Wildman–Crippen MR) is 62.2 cm³/mol. The molecule has 0 unspecified atom stereocenters. The third-order valence-electron chi connectivity index (χ3n) is 2.23. The number of hydrogen-bond acceptors (Lipinski definition) is 3. The Kier molecular flexibility index (Phi) is 5.43. The molecule has 0 fully saturated rings. The van der Waals surface area contributed by atoms with E-state index in [-0.39, 0.29) is 11.2 Å². The molecule has 1 aromatic rings. The average molecular weight is 362 g/mol. The highest BCUT2D eigenvalue weighted by molar-refractivity contribution is 9.10. The first-order valence-electron chi connectivity index (χ1n) is 5.37. The summed E-state index contributed by atoms with van der Waals surface area (Å²) in [5, 5.41) is 0. The van der Waals surface area contributed by atoms with Crippen LogP contribution in [0.15, 0.2) is 10.7 Å². The Morgan fingerprint density at radius 2 is 2.05 bits per heavy atom. The van der Waals surface area contributed by atoms with Gasteiger partial charge in [-0.1, -0.05) is 0 Å². The fraction of sp³-hybridized carbons (Fsp3) is 0.455. The highest BCUT2D eigenvalue weighted by atomic mass is 79.9. The maximum absolute atomic E-state index is 12.9. The van der Waals surface area contributed by atoms with Crippen molar-refractivity contribution in [3.8, 4) is 0 Å². The van der Waals surface area contributed by atoms with Gasteiger partial charge in [0.1, 0.15) is 4.60 Å². The molecule has 0 amide bonds. The zero-order chi connectivity index (χ0) is 15.5. The lowest BCUT2D eigenvalue weighted by molar-refractivity contribution is -0.144. The van der Waals surface area contributed by atoms with E-state index in [0.717, 1.165) is 0 Å². The minimum absolute atomic E-state index is 0.0319. The number of carbonyl (C=O) groups excluding carboxylic acids is 1. The smallest absolute Gasteiger partial charge is 0.418 e. The number of hydrogen-bond donors (Lipinski definition) is 0. The first-order valence-corrected chi connectivity index (χ1v) is 6.16. The van der Waals surface area contributed by atoms with Gasteiger partial charge in [0.25, 0.3) is 6.43 Å². The molecule has 112 valence electrons. The third kappa shape index (κ3) is 4.12. The Balaban J connectivity index is 3.37. The molecule has 0 aliphatic heterocycles. The summed E-state index contributed by atoms with van der Waals surface area (Å²) in [5.41, 5.74) is -3.61. The normalized spacial score (nSPS) is 11.8.